The van der Waals surface area contributed by atoms with E-state index in [9.17, 15) is 0 Å². The second-order valence-electron chi connectivity index (χ2n) is 3.62. The van der Waals surface area contributed by atoms with E-state index < -0.39 is 0 Å². The molecule has 0 aliphatic carbocycles. The van der Waals surface area contributed by atoms with E-state index in [1.165, 1.54) is 5.56 Å². The third-order valence-corrected chi connectivity index (χ3v) is 2.93. The molecule has 1 aromatic rings. The van der Waals surface area contributed by atoms with Crippen molar-refractivity contribution in [1.29, 1.82) is 0 Å². The maximum Gasteiger partial charge on any atom is 0.0431 e. The van der Waals surface area contributed by atoms with E-state index in [1.807, 2.05) is 0 Å². The summed E-state index contributed by atoms with van der Waals surface area (Å²) in [5, 5.41) is 16.4. The predicted octanol–water partition coefficient (Wildman–Crippen LogP) is 2.04. The molecule has 0 radical (unpaired) electrons. The molecule has 3 heteroatoms. The summed E-state index contributed by atoms with van der Waals surface area (Å²) in [7, 11) is 0. The van der Waals surface area contributed by atoms with Crippen molar-refractivity contribution in [3.05, 3.63) is 22.4 Å². The minimum Gasteiger partial charge on any atom is -0.396 e. The standard InChI is InChI=1S/C11H19NOS/c1-10(12-5-2-3-6-13)8-11-4-7-14-9-11/h4,7,9-10,12-13H,2-3,5-6,8H2,1H3. The Balaban J connectivity index is 2.07. The van der Waals surface area contributed by atoms with Crippen LogP contribution in [0.1, 0.15) is 25.3 Å². The second-order valence-corrected chi connectivity index (χ2v) is 4.40. The third-order valence-electron chi connectivity index (χ3n) is 2.20. The molecule has 0 saturated carbocycles. The number of nitrogens with one attached hydrogen (secondary N) is 1. The number of unbranched alkanes of at least 4 members (excludes halogenated alkanes) is 1. The Kier molecular flexibility index (Phi) is 5.83. The van der Waals surface area contributed by atoms with Crippen LogP contribution in [0.2, 0.25) is 0 Å². The van der Waals surface area contributed by atoms with Gasteiger partial charge in [-0.25, -0.2) is 0 Å². The lowest BCUT2D eigenvalue weighted by Crippen LogP contribution is -2.28. The van der Waals surface area contributed by atoms with E-state index in [1.54, 1.807) is 11.3 Å². The lowest BCUT2D eigenvalue weighted by Gasteiger charge is -2.12. The van der Waals surface area contributed by atoms with Gasteiger partial charge in [0.15, 0.2) is 0 Å². The van der Waals surface area contributed by atoms with Crippen LogP contribution < -0.4 is 5.32 Å². The molecular formula is C11H19NOS. The van der Waals surface area contributed by atoms with Crippen LogP contribution in [0.4, 0.5) is 0 Å². The summed E-state index contributed by atoms with van der Waals surface area (Å²) in [6.45, 7) is 3.52. The molecule has 1 atom stereocenters. The number of rotatable bonds is 7. The zero-order chi connectivity index (χ0) is 10.2. The fourth-order valence-electron chi connectivity index (χ4n) is 1.42. The van der Waals surface area contributed by atoms with Gasteiger partial charge in [0.25, 0.3) is 0 Å². The molecule has 0 aliphatic heterocycles. The first kappa shape index (κ1) is 11.7. The lowest BCUT2D eigenvalue weighted by molar-refractivity contribution is 0.282. The molecule has 14 heavy (non-hydrogen) atoms. The van der Waals surface area contributed by atoms with E-state index in [2.05, 4.69) is 29.1 Å². The summed E-state index contributed by atoms with van der Waals surface area (Å²) in [4.78, 5) is 0. The van der Waals surface area contributed by atoms with Crippen molar-refractivity contribution < 1.29 is 5.11 Å². The Morgan fingerprint density at radius 3 is 3.00 bits per heavy atom. The molecule has 0 fully saturated rings. The van der Waals surface area contributed by atoms with Crippen molar-refractivity contribution in [2.75, 3.05) is 13.2 Å². The topological polar surface area (TPSA) is 32.3 Å². The highest BCUT2D eigenvalue weighted by atomic mass is 32.1. The molecule has 1 unspecified atom stereocenters. The van der Waals surface area contributed by atoms with Crippen LogP contribution in [0.5, 0.6) is 0 Å². The highest BCUT2D eigenvalue weighted by molar-refractivity contribution is 7.07. The van der Waals surface area contributed by atoms with Gasteiger partial charge in [-0.05, 0) is 55.1 Å². The van der Waals surface area contributed by atoms with Crippen LogP contribution in [0.3, 0.4) is 0 Å². The van der Waals surface area contributed by atoms with E-state index in [-0.39, 0.29) is 0 Å². The van der Waals surface area contributed by atoms with Gasteiger partial charge in [0, 0.05) is 12.6 Å². The van der Waals surface area contributed by atoms with Crippen LogP contribution in [0.15, 0.2) is 16.8 Å². The summed E-state index contributed by atoms with van der Waals surface area (Å²) in [6.07, 6.45) is 3.06. The maximum absolute atomic E-state index is 8.61. The van der Waals surface area contributed by atoms with Gasteiger partial charge in [0.05, 0.1) is 0 Å². The number of hydrogen-bond acceptors (Lipinski definition) is 3. The molecule has 1 rings (SSSR count). The number of thiophene rings is 1. The summed E-state index contributed by atoms with van der Waals surface area (Å²) in [5.74, 6) is 0. The normalized spacial score (nSPS) is 13.0. The van der Waals surface area contributed by atoms with Gasteiger partial charge >= 0.3 is 0 Å². The molecule has 1 aromatic heterocycles. The summed E-state index contributed by atoms with van der Waals surface area (Å²) >= 11 is 1.75. The summed E-state index contributed by atoms with van der Waals surface area (Å²) in [6, 6.07) is 2.71. The summed E-state index contributed by atoms with van der Waals surface area (Å²) < 4.78 is 0. The lowest BCUT2D eigenvalue weighted by atomic mass is 10.1. The summed E-state index contributed by atoms with van der Waals surface area (Å²) in [5.41, 5.74) is 1.41. The molecule has 0 aromatic carbocycles. The number of aliphatic hydroxyl groups is 1. The third kappa shape index (κ3) is 4.74. The highest BCUT2D eigenvalue weighted by Gasteiger charge is 2.02. The molecule has 0 bridgehead atoms. The van der Waals surface area contributed by atoms with Gasteiger partial charge in [0.2, 0.25) is 0 Å². The molecular weight excluding hydrogens is 194 g/mol. The monoisotopic (exact) mass is 213 g/mol. The maximum atomic E-state index is 8.61. The van der Waals surface area contributed by atoms with Crippen molar-refractivity contribution in [1.82, 2.24) is 5.32 Å². The molecule has 1 heterocycles. The molecule has 0 aliphatic rings. The molecule has 2 N–H and O–H groups in total. The molecule has 0 saturated heterocycles. The Hall–Kier alpha value is -0.380. The fraction of sp³-hybridized carbons (Fsp3) is 0.636. The van der Waals surface area contributed by atoms with Gasteiger partial charge in [-0.15, -0.1) is 0 Å². The van der Waals surface area contributed by atoms with Gasteiger partial charge in [-0.1, -0.05) is 0 Å². The fourth-order valence-corrected chi connectivity index (χ4v) is 2.10. The second kappa shape index (κ2) is 6.98. The molecule has 0 amide bonds. The van der Waals surface area contributed by atoms with E-state index in [0.717, 1.165) is 25.8 Å². The largest absolute Gasteiger partial charge is 0.396 e. The van der Waals surface area contributed by atoms with E-state index >= 15 is 0 Å². The Morgan fingerprint density at radius 1 is 1.50 bits per heavy atom. The first-order valence-electron chi connectivity index (χ1n) is 5.18. The Labute approximate surface area is 90.0 Å². The van der Waals surface area contributed by atoms with Gasteiger partial charge in [-0.3, -0.25) is 0 Å². The van der Waals surface area contributed by atoms with Crippen molar-refractivity contribution in [3.63, 3.8) is 0 Å². The van der Waals surface area contributed by atoms with Crippen molar-refractivity contribution in [3.8, 4) is 0 Å². The van der Waals surface area contributed by atoms with E-state index in [4.69, 9.17) is 5.11 Å². The molecule has 0 spiro atoms. The smallest absolute Gasteiger partial charge is 0.0431 e. The molecule has 2 nitrogen and oxygen atoms in total. The van der Waals surface area contributed by atoms with Crippen LogP contribution in [0, 0.1) is 0 Å². The minimum atomic E-state index is 0.306. The number of hydrogen-bond donors (Lipinski definition) is 2. The van der Waals surface area contributed by atoms with Crippen LogP contribution in [-0.2, 0) is 6.42 Å². The Morgan fingerprint density at radius 2 is 2.36 bits per heavy atom. The minimum absolute atomic E-state index is 0.306. The van der Waals surface area contributed by atoms with Crippen molar-refractivity contribution in [2.45, 2.75) is 32.2 Å². The number of aliphatic hydroxyl groups excluding tert-OH is 1. The zero-order valence-corrected chi connectivity index (χ0v) is 9.52. The van der Waals surface area contributed by atoms with Crippen molar-refractivity contribution in [2.24, 2.45) is 0 Å². The zero-order valence-electron chi connectivity index (χ0n) is 8.70. The first-order chi connectivity index (χ1) is 6.83. The van der Waals surface area contributed by atoms with Crippen LogP contribution in [-0.4, -0.2) is 24.3 Å². The SMILES string of the molecule is CC(Cc1ccsc1)NCCCCO. The van der Waals surface area contributed by atoms with Gasteiger partial charge in [0.1, 0.15) is 0 Å². The van der Waals surface area contributed by atoms with Crippen LogP contribution >= 0.6 is 11.3 Å². The molecule has 80 valence electrons. The average Bonchev–Trinajstić information content (AvgIpc) is 2.65. The predicted molar refractivity (Wildman–Crippen MR) is 61.8 cm³/mol. The quantitative estimate of drug-likeness (QED) is 0.679. The van der Waals surface area contributed by atoms with Gasteiger partial charge < -0.3 is 10.4 Å². The average molecular weight is 213 g/mol. The van der Waals surface area contributed by atoms with Crippen molar-refractivity contribution >= 4 is 11.3 Å². The highest BCUT2D eigenvalue weighted by Crippen LogP contribution is 2.08. The first-order valence-corrected chi connectivity index (χ1v) is 6.12. The Bertz CT molecular complexity index is 223. The van der Waals surface area contributed by atoms with E-state index in [0.29, 0.717) is 12.6 Å². The van der Waals surface area contributed by atoms with Crippen LogP contribution in [0.25, 0.3) is 0 Å². The van der Waals surface area contributed by atoms with Gasteiger partial charge in [-0.2, -0.15) is 11.3 Å².